The summed E-state index contributed by atoms with van der Waals surface area (Å²) in [6, 6.07) is 5.34. The first-order chi connectivity index (χ1) is 12.1. The summed E-state index contributed by atoms with van der Waals surface area (Å²) >= 11 is 0. The summed E-state index contributed by atoms with van der Waals surface area (Å²) in [4.78, 5) is 29.5. The molecule has 25 heavy (non-hydrogen) atoms. The summed E-state index contributed by atoms with van der Waals surface area (Å²) in [5.74, 6) is -0.106. The minimum atomic E-state index is -0.552. The molecule has 0 unspecified atom stereocenters. The number of ether oxygens (including phenoxy) is 2. The number of hydrogen-bond acceptors (Lipinski definition) is 6. The van der Waals surface area contributed by atoms with Crippen molar-refractivity contribution in [2.45, 2.75) is 19.1 Å². The fraction of sp³-hybridized carbons (Fsp3) is 0.353. The van der Waals surface area contributed by atoms with E-state index in [9.17, 15) is 9.59 Å². The third-order valence-electron chi connectivity index (χ3n) is 4.55. The molecule has 2 amide bonds. The lowest BCUT2D eigenvalue weighted by molar-refractivity contribution is 0.0996. The average Bonchev–Trinajstić information content (AvgIpc) is 3.11. The molecule has 2 fully saturated rings. The Morgan fingerprint density at radius 2 is 2.32 bits per heavy atom. The molecule has 2 aromatic rings. The van der Waals surface area contributed by atoms with Crippen LogP contribution in [-0.2, 0) is 4.74 Å². The molecule has 0 radical (unpaired) electrons. The van der Waals surface area contributed by atoms with Gasteiger partial charge in [-0.25, -0.2) is 4.79 Å². The topological polar surface area (TPSA) is 107 Å². The number of benzene rings is 1. The maximum atomic E-state index is 11.7. The molecule has 3 heterocycles. The second-order valence-corrected chi connectivity index (χ2v) is 6.09. The van der Waals surface area contributed by atoms with Crippen molar-refractivity contribution in [1.82, 2.24) is 10.3 Å². The predicted octanol–water partition coefficient (Wildman–Crippen LogP) is 1.03. The van der Waals surface area contributed by atoms with E-state index in [2.05, 4.69) is 15.2 Å². The first kappa shape index (κ1) is 15.5. The molecule has 0 bridgehead atoms. The number of alkyl carbamates (subject to hydrolysis) is 1. The summed E-state index contributed by atoms with van der Waals surface area (Å²) in [6.45, 7) is 3.52. The van der Waals surface area contributed by atoms with Gasteiger partial charge in [0.1, 0.15) is 11.9 Å². The van der Waals surface area contributed by atoms with Crippen molar-refractivity contribution in [3.05, 3.63) is 30.0 Å². The highest BCUT2D eigenvalue weighted by atomic mass is 16.6. The lowest BCUT2D eigenvalue weighted by Gasteiger charge is -2.21. The molecule has 1 aromatic carbocycles. The number of rotatable bonds is 4. The van der Waals surface area contributed by atoms with Gasteiger partial charge in [-0.3, -0.25) is 9.78 Å². The maximum absolute atomic E-state index is 11.7. The van der Waals surface area contributed by atoms with Gasteiger partial charge in [-0.2, -0.15) is 0 Å². The van der Waals surface area contributed by atoms with Crippen molar-refractivity contribution >= 4 is 28.6 Å². The van der Waals surface area contributed by atoms with E-state index in [0.717, 1.165) is 11.1 Å². The van der Waals surface area contributed by atoms with E-state index in [1.165, 1.54) is 0 Å². The second kappa shape index (κ2) is 5.80. The maximum Gasteiger partial charge on any atom is 0.407 e. The molecule has 2 aliphatic heterocycles. The minimum absolute atomic E-state index is 0.0213. The van der Waals surface area contributed by atoms with Crippen LogP contribution in [0.2, 0.25) is 0 Å². The molecule has 3 N–H and O–H groups in total. The fourth-order valence-electron chi connectivity index (χ4n) is 3.45. The molecule has 8 heteroatoms. The van der Waals surface area contributed by atoms with Crippen molar-refractivity contribution in [2.24, 2.45) is 5.73 Å². The Kier molecular flexibility index (Phi) is 3.60. The molecule has 0 aliphatic carbocycles. The highest BCUT2D eigenvalue weighted by Gasteiger charge is 2.42. The average molecular weight is 342 g/mol. The van der Waals surface area contributed by atoms with Crippen LogP contribution < -0.4 is 20.7 Å². The van der Waals surface area contributed by atoms with E-state index in [-0.39, 0.29) is 18.2 Å². The van der Waals surface area contributed by atoms with Gasteiger partial charge in [0.15, 0.2) is 0 Å². The zero-order valence-electron chi connectivity index (χ0n) is 13.7. The highest BCUT2D eigenvalue weighted by molar-refractivity contribution is 6.02. The Hall–Kier alpha value is -3.03. The van der Waals surface area contributed by atoms with Gasteiger partial charge in [0, 0.05) is 23.8 Å². The number of aromatic nitrogens is 1. The largest absolute Gasteiger partial charge is 0.493 e. The molecular formula is C17H18N4O4. The fourth-order valence-corrected chi connectivity index (χ4v) is 3.45. The van der Waals surface area contributed by atoms with Crippen molar-refractivity contribution < 1.29 is 19.1 Å². The number of fused-ring (bicyclic) bond motifs is 2. The smallest absolute Gasteiger partial charge is 0.407 e. The summed E-state index contributed by atoms with van der Waals surface area (Å²) in [7, 11) is 0. The quantitative estimate of drug-likeness (QED) is 0.859. The number of carbonyl (C=O) groups is 2. The molecule has 4 rings (SSSR count). The van der Waals surface area contributed by atoms with Crippen LogP contribution in [0.4, 0.5) is 10.5 Å². The SMILES string of the molecule is CCOc1cc2c(N3C[C@@H]4OC(=O)N[C@@H]4C3)ccnc2cc1C(N)=O. The summed E-state index contributed by atoms with van der Waals surface area (Å²) in [6.07, 6.45) is 1.17. The Morgan fingerprint density at radius 3 is 3.04 bits per heavy atom. The van der Waals surface area contributed by atoms with Gasteiger partial charge >= 0.3 is 6.09 Å². The van der Waals surface area contributed by atoms with Crippen LogP contribution in [0, 0.1) is 0 Å². The van der Waals surface area contributed by atoms with E-state index in [1.807, 2.05) is 13.0 Å². The van der Waals surface area contributed by atoms with Crippen LogP contribution in [0.5, 0.6) is 5.75 Å². The van der Waals surface area contributed by atoms with E-state index >= 15 is 0 Å². The molecule has 130 valence electrons. The first-order valence-electron chi connectivity index (χ1n) is 8.14. The Morgan fingerprint density at radius 1 is 1.48 bits per heavy atom. The van der Waals surface area contributed by atoms with Gasteiger partial charge in [-0.1, -0.05) is 0 Å². The molecular weight excluding hydrogens is 324 g/mol. The molecule has 0 spiro atoms. The van der Waals surface area contributed by atoms with E-state index < -0.39 is 5.91 Å². The van der Waals surface area contributed by atoms with Gasteiger partial charge < -0.3 is 25.4 Å². The van der Waals surface area contributed by atoms with Crippen LogP contribution in [0.15, 0.2) is 24.4 Å². The lowest BCUT2D eigenvalue weighted by Crippen LogP contribution is -2.32. The lowest BCUT2D eigenvalue weighted by atomic mass is 10.1. The first-order valence-corrected chi connectivity index (χ1v) is 8.14. The van der Waals surface area contributed by atoms with Crippen molar-refractivity contribution in [1.29, 1.82) is 0 Å². The summed E-state index contributed by atoms with van der Waals surface area (Å²) in [5, 5.41) is 3.68. The van der Waals surface area contributed by atoms with Gasteiger partial charge in [0.25, 0.3) is 5.91 Å². The standard InChI is InChI=1S/C17H18N4O4/c1-2-24-14-6-9-11(5-10(14)16(18)22)19-4-3-13(9)21-7-12-15(8-21)25-17(23)20-12/h3-6,12,15H,2,7-8H2,1H3,(H2,18,22)(H,20,23)/t12-,15+/m1/s1. The molecule has 2 aliphatic rings. The van der Waals surface area contributed by atoms with Crippen LogP contribution >= 0.6 is 0 Å². The number of nitrogens with two attached hydrogens (primary N) is 1. The molecule has 0 saturated carbocycles. The van der Waals surface area contributed by atoms with Gasteiger partial charge in [-0.05, 0) is 25.1 Å². The van der Waals surface area contributed by atoms with Crippen LogP contribution in [0.25, 0.3) is 10.9 Å². The number of primary amides is 1. The predicted molar refractivity (Wildman–Crippen MR) is 90.8 cm³/mol. The number of amides is 2. The number of pyridine rings is 1. The Bertz CT molecular complexity index is 853. The number of carbonyl (C=O) groups excluding carboxylic acids is 2. The molecule has 1 aromatic heterocycles. The Labute approximate surface area is 143 Å². The summed E-state index contributed by atoms with van der Waals surface area (Å²) < 4.78 is 10.9. The van der Waals surface area contributed by atoms with Crippen LogP contribution in [-0.4, -0.2) is 48.8 Å². The summed E-state index contributed by atoms with van der Waals surface area (Å²) in [5.41, 5.74) is 7.39. The normalized spacial score (nSPS) is 21.8. The minimum Gasteiger partial charge on any atom is -0.493 e. The number of anilines is 1. The Balaban J connectivity index is 1.76. The zero-order valence-corrected chi connectivity index (χ0v) is 13.7. The van der Waals surface area contributed by atoms with Crippen LogP contribution in [0.3, 0.4) is 0 Å². The van der Waals surface area contributed by atoms with Gasteiger partial charge in [0.05, 0.1) is 30.3 Å². The van der Waals surface area contributed by atoms with Gasteiger partial charge in [0.2, 0.25) is 0 Å². The van der Waals surface area contributed by atoms with Gasteiger partial charge in [-0.15, -0.1) is 0 Å². The molecule has 2 saturated heterocycles. The monoisotopic (exact) mass is 342 g/mol. The molecule has 2 atom stereocenters. The van der Waals surface area contributed by atoms with Crippen molar-refractivity contribution in [3.8, 4) is 5.75 Å². The van der Waals surface area contributed by atoms with Crippen molar-refractivity contribution in [3.63, 3.8) is 0 Å². The third-order valence-corrected chi connectivity index (χ3v) is 4.55. The van der Waals surface area contributed by atoms with Crippen molar-refractivity contribution in [2.75, 3.05) is 24.6 Å². The third kappa shape index (κ3) is 2.59. The second-order valence-electron chi connectivity index (χ2n) is 6.09. The number of hydrogen-bond donors (Lipinski definition) is 2. The number of nitrogens with zero attached hydrogens (tertiary/aromatic N) is 2. The number of nitrogens with one attached hydrogen (secondary N) is 1. The zero-order chi connectivity index (χ0) is 17.6. The van der Waals surface area contributed by atoms with Crippen LogP contribution in [0.1, 0.15) is 17.3 Å². The van der Waals surface area contributed by atoms with E-state index in [0.29, 0.717) is 36.5 Å². The highest BCUT2D eigenvalue weighted by Crippen LogP contribution is 2.34. The van der Waals surface area contributed by atoms with E-state index in [4.69, 9.17) is 15.2 Å². The molecule has 8 nitrogen and oxygen atoms in total. The van der Waals surface area contributed by atoms with E-state index in [1.54, 1.807) is 18.3 Å².